The maximum Gasteiger partial charge on any atom is 0.239 e. The highest BCUT2D eigenvalue weighted by molar-refractivity contribution is 5.82. The fourth-order valence-electron chi connectivity index (χ4n) is 5.06. The van der Waals surface area contributed by atoms with E-state index >= 15 is 0 Å². The molecule has 8 nitrogen and oxygen atoms in total. The summed E-state index contributed by atoms with van der Waals surface area (Å²) in [6, 6.07) is 10.5. The van der Waals surface area contributed by atoms with E-state index in [1.807, 2.05) is 25.1 Å². The van der Waals surface area contributed by atoms with Crippen LogP contribution in [0.25, 0.3) is 28.2 Å². The van der Waals surface area contributed by atoms with Crippen LogP contribution in [0.2, 0.25) is 0 Å². The highest BCUT2D eigenvalue weighted by atomic mass is 16.2. The summed E-state index contributed by atoms with van der Waals surface area (Å²) < 4.78 is 1.80. The second-order valence-electron chi connectivity index (χ2n) is 9.85. The molecular weight excluding hydrogens is 438 g/mol. The predicted molar refractivity (Wildman–Crippen MR) is 137 cm³/mol. The summed E-state index contributed by atoms with van der Waals surface area (Å²) in [5.74, 6) is 0.436. The number of hydrogen-bond donors (Lipinski definition) is 2. The number of carbonyl (C=O) groups is 1. The number of hydrogen-bond acceptors (Lipinski definition) is 5. The molecule has 0 aliphatic carbocycles. The number of fused-ring (bicyclic) bond motifs is 1. The van der Waals surface area contributed by atoms with Crippen LogP contribution in [0.5, 0.6) is 0 Å². The zero-order valence-corrected chi connectivity index (χ0v) is 21.0. The molecule has 0 saturated carbocycles. The number of benzene rings is 1. The number of H-pyrrole nitrogens is 1. The van der Waals surface area contributed by atoms with Crippen molar-refractivity contribution in [2.45, 2.75) is 58.5 Å². The van der Waals surface area contributed by atoms with Gasteiger partial charge in [-0.1, -0.05) is 38.1 Å². The van der Waals surface area contributed by atoms with Crippen LogP contribution >= 0.6 is 0 Å². The third-order valence-electron chi connectivity index (χ3n) is 7.18. The van der Waals surface area contributed by atoms with Crippen LogP contribution in [0.3, 0.4) is 0 Å². The zero-order valence-electron chi connectivity index (χ0n) is 21.0. The summed E-state index contributed by atoms with van der Waals surface area (Å²) >= 11 is 0. The number of rotatable bonds is 6. The van der Waals surface area contributed by atoms with Crippen LogP contribution in [-0.2, 0) is 4.79 Å². The first-order valence-corrected chi connectivity index (χ1v) is 12.3. The number of pyridine rings is 1. The van der Waals surface area contributed by atoms with Crippen LogP contribution in [0.15, 0.2) is 42.9 Å². The summed E-state index contributed by atoms with van der Waals surface area (Å²) in [6.07, 6.45) is 5.53. The summed E-state index contributed by atoms with van der Waals surface area (Å²) in [6.45, 7) is 9.42. The Morgan fingerprint density at radius 2 is 1.94 bits per heavy atom. The van der Waals surface area contributed by atoms with Crippen molar-refractivity contribution >= 4 is 11.6 Å². The molecule has 0 unspecified atom stereocenters. The minimum absolute atomic E-state index is 0.00164. The first-order valence-electron chi connectivity index (χ1n) is 12.3. The molecule has 1 aliphatic rings. The second-order valence-corrected chi connectivity index (χ2v) is 9.85. The molecule has 8 heteroatoms. The standard InChI is InChI=1S/C27H33N7O/c1-16(2)23-24(31-32-25(23)21-13-17(3)26-29-15-30-34(26)14-21)20-10-8-19(9-11-20)18(4)33(5)27(35)22-7-6-12-28-22/h8-11,13-16,18,22,28H,6-7,12H2,1-5H3,(H,31,32)/t18-,22+/m0/s1. The van der Waals surface area contributed by atoms with E-state index in [-0.39, 0.29) is 23.9 Å². The van der Waals surface area contributed by atoms with E-state index in [1.165, 1.54) is 5.56 Å². The van der Waals surface area contributed by atoms with Crippen LogP contribution in [0.4, 0.5) is 0 Å². The smallest absolute Gasteiger partial charge is 0.239 e. The molecule has 2 N–H and O–H groups in total. The molecule has 35 heavy (non-hydrogen) atoms. The van der Waals surface area contributed by atoms with Crippen LogP contribution in [0.1, 0.15) is 62.3 Å². The maximum absolute atomic E-state index is 12.8. The molecule has 0 spiro atoms. The maximum atomic E-state index is 12.8. The quantitative estimate of drug-likeness (QED) is 0.432. The van der Waals surface area contributed by atoms with Gasteiger partial charge in [-0.15, -0.1) is 0 Å². The molecule has 1 aliphatic heterocycles. The van der Waals surface area contributed by atoms with Crippen molar-refractivity contribution in [3.8, 4) is 22.5 Å². The van der Waals surface area contributed by atoms with Gasteiger partial charge in [-0.3, -0.25) is 9.89 Å². The normalized spacial score (nSPS) is 16.8. The number of carbonyl (C=O) groups excluding carboxylic acids is 1. The molecule has 1 saturated heterocycles. The fourth-order valence-corrected chi connectivity index (χ4v) is 5.06. The van der Waals surface area contributed by atoms with Gasteiger partial charge in [0.2, 0.25) is 5.91 Å². The molecular formula is C27H33N7O. The van der Waals surface area contributed by atoms with Gasteiger partial charge in [0.25, 0.3) is 0 Å². The van der Waals surface area contributed by atoms with E-state index in [0.717, 1.165) is 58.7 Å². The Balaban J connectivity index is 1.44. The molecule has 1 amide bonds. The van der Waals surface area contributed by atoms with Gasteiger partial charge in [0.05, 0.1) is 23.5 Å². The van der Waals surface area contributed by atoms with E-state index in [9.17, 15) is 4.79 Å². The van der Waals surface area contributed by atoms with Crippen LogP contribution in [0, 0.1) is 6.92 Å². The molecule has 0 radical (unpaired) electrons. The van der Waals surface area contributed by atoms with E-state index < -0.39 is 0 Å². The Labute approximate surface area is 205 Å². The lowest BCUT2D eigenvalue weighted by molar-refractivity contribution is -0.133. The highest BCUT2D eigenvalue weighted by Crippen LogP contribution is 2.36. The van der Waals surface area contributed by atoms with Gasteiger partial charge in [-0.2, -0.15) is 10.2 Å². The minimum atomic E-state index is -0.0564. The number of amides is 1. The van der Waals surface area contributed by atoms with Crippen molar-refractivity contribution < 1.29 is 4.79 Å². The molecule has 4 heterocycles. The van der Waals surface area contributed by atoms with E-state index in [2.05, 4.69) is 71.6 Å². The van der Waals surface area contributed by atoms with Crippen LogP contribution in [-0.4, -0.2) is 55.2 Å². The lowest BCUT2D eigenvalue weighted by Crippen LogP contribution is -2.42. The van der Waals surface area contributed by atoms with Crippen molar-refractivity contribution in [1.82, 2.24) is 35.0 Å². The Kier molecular flexibility index (Phi) is 6.15. The average Bonchev–Trinajstić information content (AvgIpc) is 3.63. The third-order valence-corrected chi connectivity index (χ3v) is 7.18. The first-order chi connectivity index (χ1) is 16.8. The van der Waals surface area contributed by atoms with Crippen molar-refractivity contribution in [3.05, 3.63) is 59.5 Å². The van der Waals surface area contributed by atoms with Gasteiger partial charge in [0, 0.05) is 24.4 Å². The summed E-state index contributed by atoms with van der Waals surface area (Å²) in [5.41, 5.74) is 8.24. The van der Waals surface area contributed by atoms with Gasteiger partial charge in [0.1, 0.15) is 6.33 Å². The van der Waals surface area contributed by atoms with Gasteiger partial charge in [0.15, 0.2) is 5.65 Å². The third kappa shape index (κ3) is 4.23. The number of aromatic nitrogens is 5. The topological polar surface area (TPSA) is 91.2 Å². The largest absolute Gasteiger partial charge is 0.338 e. The first kappa shape index (κ1) is 23.2. The van der Waals surface area contributed by atoms with E-state index in [1.54, 1.807) is 10.8 Å². The Morgan fingerprint density at radius 3 is 2.63 bits per heavy atom. The van der Waals surface area contributed by atoms with E-state index in [4.69, 9.17) is 5.10 Å². The predicted octanol–water partition coefficient (Wildman–Crippen LogP) is 4.49. The highest BCUT2D eigenvalue weighted by Gasteiger charge is 2.28. The number of likely N-dealkylation sites (N-methyl/N-ethyl adjacent to an activating group) is 1. The SMILES string of the molecule is Cc1cc(-c2n[nH]c(-c3ccc([C@H](C)N(C)C(=O)[C@H]4CCCN4)cc3)c2C(C)C)cn2ncnc12. The lowest BCUT2D eigenvalue weighted by atomic mass is 9.93. The summed E-state index contributed by atoms with van der Waals surface area (Å²) in [7, 11) is 1.90. The van der Waals surface area contributed by atoms with Crippen molar-refractivity contribution in [2.75, 3.05) is 13.6 Å². The number of aryl methyl sites for hydroxylation is 1. The fraction of sp³-hybridized carbons (Fsp3) is 0.407. The zero-order chi connectivity index (χ0) is 24.7. The molecule has 4 aromatic rings. The molecule has 5 rings (SSSR count). The Bertz CT molecular complexity index is 1350. The van der Waals surface area contributed by atoms with Crippen LogP contribution < -0.4 is 5.32 Å². The van der Waals surface area contributed by atoms with Gasteiger partial charge in [-0.05, 0) is 61.9 Å². The van der Waals surface area contributed by atoms with E-state index in [0.29, 0.717) is 0 Å². The lowest BCUT2D eigenvalue weighted by Gasteiger charge is -2.28. The number of nitrogens with one attached hydrogen (secondary N) is 2. The molecule has 1 aromatic carbocycles. The number of nitrogens with zero attached hydrogens (tertiary/aromatic N) is 5. The molecule has 3 aromatic heterocycles. The van der Waals surface area contributed by atoms with Crippen molar-refractivity contribution in [2.24, 2.45) is 0 Å². The molecule has 0 bridgehead atoms. The average molecular weight is 472 g/mol. The van der Waals surface area contributed by atoms with Crippen molar-refractivity contribution in [1.29, 1.82) is 0 Å². The van der Waals surface area contributed by atoms with Gasteiger partial charge < -0.3 is 10.2 Å². The Morgan fingerprint density at radius 1 is 1.17 bits per heavy atom. The minimum Gasteiger partial charge on any atom is -0.338 e. The van der Waals surface area contributed by atoms with Gasteiger partial charge in [-0.25, -0.2) is 9.50 Å². The molecule has 1 fully saturated rings. The summed E-state index contributed by atoms with van der Waals surface area (Å²) in [4.78, 5) is 19.0. The Hall–Kier alpha value is -3.52. The number of aromatic amines is 1. The van der Waals surface area contributed by atoms with Gasteiger partial charge >= 0.3 is 0 Å². The second kappa shape index (κ2) is 9.26. The molecule has 182 valence electrons. The summed E-state index contributed by atoms with van der Waals surface area (Å²) in [5, 5.41) is 15.6. The van der Waals surface area contributed by atoms with Crippen molar-refractivity contribution in [3.63, 3.8) is 0 Å². The monoisotopic (exact) mass is 471 g/mol. The molecule has 2 atom stereocenters.